The van der Waals surface area contributed by atoms with Gasteiger partial charge in [-0.15, -0.1) is 0 Å². The molecule has 0 heterocycles. The third-order valence-corrected chi connectivity index (χ3v) is 2.45. The van der Waals surface area contributed by atoms with Gasteiger partial charge in [0.2, 0.25) is 0 Å². The number of hydrogen-bond donors (Lipinski definition) is 1. The molecule has 0 aromatic heterocycles. The SMILES string of the molecule is CCOC(C)CNCc1ccc(Cl)cc1F. The van der Waals surface area contributed by atoms with E-state index in [1.54, 1.807) is 12.1 Å². The van der Waals surface area contributed by atoms with E-state index < -0.39 is 0 Å². The van der Waals surface area contributed by atoms with Crippen molar-refractivity contribution in [1.29, 1.82) is 0 Å². The van der Waals surface area contributed by atoms with Crippen LogP contribution in [-0.4, -0.2) is 19.3 Å². The van der Waals surface area contributed by atoms with E-state index in [2.05, 4.69) is 5.32 Å². The summed E-state index contributed by atoms with van der Waals surface area (Å²) >= 11 is 5.66. The van der Waals surface area contributed by atoms with Crippen molar-refractivity contribution >= 4 is 11.6 Å². The van der Waals surface area contributed by atoms with Gasteiger partial charge in [-0.05, 0) is 26.0 Å². The molecule has 0 bridgehead atoms. The molecule has 4 heteroatoms. The van der Waals surface area contributed by atoms with Crippen molar-refractivity contribution in [3.63, 3.8) is 0 Å². The highest BCUT2D eigenvalue weighted by Crippen LogP contribution is 2.14. The van der Waals surface area contributed by atoms with Crippen LogP contribution in [0, 0.1) is 5.82 Å². The molecular weight excluding hydrogens is 229 g/mol. The molecule has 0 fully saturated rings. The first-order chi connectivity index (χ1) is 7.63. The predicted octanol–water partition coefficient (Wildman–Crippen LogP) is 2.99. The monoisotopic (exact) mass is 245 g/mol. The standard InChI is InChI=1S/C12H17ClFNO/c1-3-16-9(2)7-15-8-10-4-5-11(13)6-12(10)14/h4-6,9,15H,3,7-8H2,1-2H3. The Morgan fingerprint density at radius 1 is 1.50 bits per heavy atom. The Labute approximate surface area is 101 Å². The fourth-order valence-corrected chi connectivity index (χ4v) is 1.58. The Bertz CT molecular complexity index is 333. The van der Waals surface area contributed by atoms with E-state index in [0.29, 0.717) is 30.3 Å². The summed E-state index contributed by atoms with van der Waals surface area (Å²) in [5.41, 5.74) is 0.619. The van der Waals surface area contributed by atoms with Gasteiger partial charge in [-0.2, -0.15) is 0 Å². The molecule has 90 valence electrons. The molecule has 1 unspecified atom stereocenters. The summed E-state index contributed by atoms with van der Waals surface area (Å²) in [7, 11) is 0. The average molecular weight is 246 g/mol. The summed E-state index contributed by atoms with van der Waals surface area (Å²) in [5, 5.41) is 3.56. The lowest BCUT2D eigenvalue weighted by Crippen LogP contribution is -2.26. The summed E-state index contributed by atoms with van der Waals surface area (Å²) in [6.45, 7) is 5.82. The Hall–Kier alpha value is -0.640. The van der Waals surface area contributed by atoms with E-state index in [9.17, 15) is 4.39 Å². The smallest absolute Gasteiger partial charge is 0.129 e. The molecule has 1 aromatic rings. The van der Waals surface area contributed by atoms with Crippen LogP contribution in [0.4, 0.5) is 4.39 Å². The average Bonchev–Trinajstić information content (AvgIpc) is 2.22. The van der Waals surface area contributed by atoms with E-state index in [1.807, 2.05) is 13.8 Å². The maximum atomic E-state index is 13.4. The Morgan fingerprint density at radius 2 is 2.25 bits per heavy atom. The van der Waals surface area contributed by atoms with Gasteiger partial charge in [-0.1, -0.05) is 17.7 Å². The van der Waals surface area contributed by atoms with Gasteiger partial charge in [0.15, 0.2) is 0 Å². The minimum Gasteiger partial charge on any atom is -0.377 e. The molecule has 0 aliphatic heterocycles. The van der Waals surface area contributed by atoms with Crippen LogP contribution in [0.5, 0.6) is 0 Å². The molecule has 0 spiro atoms. The van der Waals surface area contributed by atoms with Crippen molar-refractivity contribution in [2.45, 2.75) is 26.5 Å². The molecule has 1 atom stereocenters. The molecule has 0 radical (unpaired) electrons. The zero-order valence-electron chi connectivity index (χ0n) is 9.59. The molecule has 1 aromatic carbocycles. The summed E-state index contributed by atoms with van der Waals surface area (Å²) < 4.78 is 18.7. The minimum atomic E-state index is -0.274. The predicted molar refractivity (Wildman–Crippen MR) is 64.2 cm³/mol. The molecular formula is C12H17ClFNO. The molecule has 2 nitrogen and oxygen atoms in total. The second kappa shape index (κ2) is 6.84. The topological polar surface area (TPSA) is 21.3 Å². The highest BCUT2D eigenvalue weighted by molar-refractivity contribution is 6.30. The van der Waals surface area contributed by atoms with Crippen LogP contribution in [0.25, 0.3) is 0 Å². The van der Waals surface area contributed by atoms with Crippen LogP contribution in [0.1, 0.15) is 19.4 Å². The van der Waals surface area contributed by atoms with E-state index in [4.69, 9.17) is 16.3 Å². The van der Waals surface area contributed by atoms with Crippen LogP contribution in [0.15, 0.2) is 18.2 Å². The van der Waals surface area contributed by atoms with Crippen molar-refractivity contribution in [1.82, 2.24) is 5.32 Å². The van der Waals surface area contributed by atoms with Crippen LogP contribution in [0.2, 0.25) is 5.02 Å². The zero-order valence-corrected chi connectivity index (χ0v) is 10.4. The third kappa shape index (κ3) is 4.47. The minimum absolute atomic E-state index is 0.139. The Morgan fingerprint density at radius 3 is 2.88 bits per heavy atom. The molecule has 1 rings (SSSR count). The molecule has 0 aliphatic carbocycles. The van der Waals surface area contributed by atoms with Gasteiger partial charge in [0.05, 0.1) is 6.10 Å². The molecule has 0 aliphatic rings. The number of rotatable bonds is 6. The van der Waals surface area contributed by atoms with Gasteiger partial charge in [0.1, 0.15) is 5.82 Å². The number of nitrogens with one attached hydrogen (secondary N) is 1. The van der Waals surface area contributed by atoms with Gasteiger partial charge in [0, 0.05) is 30.3 Å². The van der Waals surface area contributed by atoms with Crippen molar-refractivity contribution in [2.75, 3.05) is 13.2 Å². The van der Waals surface area contributed by atoms with Gasteiger partial charge in [-0.3, -0.25) is 0 Å². The van der Waals surface area contributed by atoms with Crippen molar-refractivity contribution in [3.05, 3.63) is 34.6 Å². The second-order valence-corrected chi connectivity index (χ2v) is 4.07. The molecule has 0 saturated heterocycles. The summed E-state index contributed by atoms with van der Waals surface area (Å²) in [6.07, 6.45) is 0.139. The summed E-state index contributed by atoms with van der Waals surface area (Å²) in [6, 6.07) is 4.70. The highest BCUT2D eigenvalue weighted by Gasteiger charge is 2.04. The Balaban J connectivity index is 2.37. The van der Waals surface area contributed by atoms with Crippen LogP contribution >= 0.6 is 11.6 Å². The van der Waals surface area contributed by atoms with Crippen LogP contribution in [0.3, 0.4) is 0 Å². The first-order valence-corrected chi connectivity index (χ1v) is 5.77. The largest absolute Gasteiger partial charge is 0.377 e. The fourth-order valence-electron chi connectivity index (χ4n) is 1.42. The number of ether oxygens (including phenoxy) is 1. The maximum Gasteiger partial charge on any atom is 0.129 e. The summed E-state index contributed by atoms with van der Waals surface area (Å²) in [4.78, 5) is 0. The van der Waals surface area contributed by atoms with E-state index in [1.165, 1.54) is 6.07 Å². The number of hydrogen-bond acceptors (Lipinski definition) is 2. The second-order valence-electron chi connectivity index (χ2n) is 3.63. The highest BCUT2D eigenvalue weighted by atomic mass is 35.5. The zero-order chi connectivity index (χ0) is 12.0. The number of halogens is 2. The van der Waals surface area contributed by atoms with E-state index >= 15 is 0 Å². The van der Waals surface area contributed by atoms with E-state index in [-0.39, 0.29) is 11.9 Å². The Kier molecular flexibility index (Phi) is 5.74. The lowest BCUT2D eigenvalue weighted by Gasteiger charge is -2.12. The quantitative estimate of drug-likeness (QED) is 0.832. The van der Waals surface area contributed by atoms with Crippen LogP contribution in [-0.2, 0) is 11.3 Å². The van der Waals surface area contributed by atoms with Gasteiger partial charge in [0.25, 0.3) is 0 Å². The normalized spacial score (nSPS) is 12.8. The van der Waals surface area contributed by atoms with Crippen molar-refractivity contribution < 1.29 is 9.13 Å². The number of benzene rings is 1. The van der Waals surface area contributed by atoms with Crippen LogP contribution < -0.4 is 5.32 Å². The lowest BCUT2D eigenvalue weighted by molar-refractivity contribution is 0.0759. The van der Waals surface area contributed by atoms with Gasteiger partial charge in [-0.25, -0.2) is 4.39 Å². The molecule has 16 heavy (non-hydrogen) atoms. The maximum absolute atomic E-state index is 13.4. The van der Waals surface area contributed by atoms with E-state index in [0.717, 1.165) is 0 Å². The summed E-state index contributed by atoms with van der Waals surface area (Å²) in [5.74, 6) is -0.274. The molecule has 0 saturated carbocycles. The third-order valence-electron chi connectivity index (χ3n) is 2.21. The first kappa shape index (κ1) is 13.4. The fraction of sp³-hybridized carbons (Fsp3) is 0.500. The molecule has 1 N–H and O–H groups in total. The lowest BCUT2D eigenvalue weighted by atomic mass is 10.2. The first-order valence-electron chi connectivity index (χ1n) is 5.39. The van der Waals surface area contributed by atoms with Crippen molar-refractivity contribution in [3.8, 4) is 0 Å². The van der Waals surface area contributed by atoms with Crippen molar-refractivity contribution in [2.24, 2.45) is 0 Å². The molecule has 0 amide bonds. The van der Waals surface area contributed by atoms with Gasteiger partial charge >= 0.3 is 0 Å². The van der Waals surface area contributed by atoms with Gasteiger partial charge < -0.3 is 10.1 Å².